The molecular formula is C15H25NO. The third-order valence-corrected chi connectivity index (χ3v) is 3.93. The van der Waals surface area contributed by atoms with Gasteiger partial charge in [-0.3, -0.25) is 4.79 Å². The lowest BCUT2D eigenvalue weighted by molar-refractivity contribution is -0.132. The Labute approximate surface area is 105 Å². The van der Waals surface area contributed by atoms with E-state index in [0.29, 0.717) is 5.92 Å². The Balaban J connectivity index is 2.83. The van der Waals surface area contributed by atoms with E-state index in [0.717, 1.165) is 44.9 Å². The largest absolute Gasteiger partial charge is 0.298 e. The maximum Gasteiger partial charge on any atom is 0.156 e. The van der Waals surface area contributed by atoms with Crippen molar-refractivity contribution in [3.05, 3.63) is 0 Å². The van der Waals surface area contributed by atoms with Gasteiger partial charge in [-0.25, -0.2) is 0 Å². The lowest BCUT2D eigenvalue weighted by Crippen LogP contribution is -2.34. The summed E-state index contributed by atoms with van der Waals surface area (Å²) in [6.07, 6.45) is 6.94. The molecule has 1 fully saturated rings. The van der Waals surface area contributed by atoms with E-state index >= 15 is 0 Å². The van der Waals surface area contributed by atoms with Gasteiger partial charge in [0.2, 0.25) is 0 Å². The molecule has 0 aromatic rings. The first-order valence-electron chi connectivity index (χ1n) is 6.99. The second kappa shape index (κ2) is 6.19. The number of Topliss-reactive ketones (excluding diaryl/α,β-unsaturated/α-hetero) is 1. The zero-order valence-electron chi connectivity index (χ0n) is 11.5. The molecule has 1 rings (SSSR count). The van der Waals surface area contributed by atoms with Crippen LogP contribution >= 0.6 is 0 Å². The second-order valence-corrected chi connectivity index (χ2v) is 5.92. The maximum absolute atomic E-state index is 12.6. The Morgan fingerprint density at radius 3 is 2.35 bits per heavy atom. The van der Waals surface area contributed by atoms with Crippen LogP contribution in [0.4, 0.5) is 0 Å². The van der Waals surface area contributed by atoms with Crippen LogP contribution in [0.3, 0.4) is 0 Å². The van der Waals surface area contributed by atoms with Gasteiger partial charge in [0.1, 0.15) is 5.92 Å². The molecule has 1 aliphatic rings. The Hall–Kier alpha value is -0.840. The van der Waals surface area contributed by atoms with Crippen molar-refractivity contribution in [1.29, 1.82) is 5.26 Å². The molecule has 96 valence electrons. The molecular weight excluding hydrogens is 210 g/mol. The summed E-state index contributed by atoms with van der Waals surface area (Å²) in [5.74, 6) is 0.419. The quantitative estimate of drug-likeness (QED) is 0.695. The normalized spacial score (nSPS) is 20.2. The Morgan fingerprint density at radius 1 is 1.35 bits per heavy atom. The highest BCUT2D eigenvalue weighted by Crippen LogP contribution is 2.45. The zero-order chi connectivity index (χ0) is 12.9. The monoisotopic (exact) mass is 235 g/mol. The first-order valence-corrected chi connectivity index (χ1v) is 6.99. The number of hydrogen-bond donors (Lipinski definition) is 0. The molecule has 0 saturated heterocycles. The first-order chi connectivity index (χ1) is 8.05. The predicted molar refractivity (Wildman–Crippen MR) is 69.4 cm³/mol. The van der Waals surface area contributed by atoms with Crippen molar-refractivity contribution in [2.75, 3.05) is 0 Å². The van der Waals surface area contributed by atoms with Gasteiger partial charge in [0, 0.05) is 5.41 Å². The minimum absolute atomic E-state index is 0.163. The molecule has 0 aromatic carbocycles. The number of nitriles is 1. The van der Waals surface area contributed by atoms with Crippen LogP contribution in [0.2, 0.25) is 0 Å². The number of nitrogens with zero attached hydrogens (tertiary/aromatic N) is 1. The lowest BCUT2D eigenvalue weighted by atomic mass is 9.71. The van der Waals surface area contributed by atoms with Gasteiger partial charge in [0.15, 0.2) is 5.78 Å². The number of carbonyl (C=O) groups is 1. The van der Waals surface area contributed by atoms with E-state index in [1.807, 2.05) is 6.92 Å². The van der Waals surface area contributed by atoms with E-state index < -0.39 is 0 Å². The Kier molecular flexibility index (Phi) is 5.18. The van der Waals surface area contributed by atoms with E-state index in [4.69, 9.17) is 5.26 Å². The fraction of sp³-hybridized carbons (Fsp3) is 0.867. The highest BCUT2D eigenvalue weighted by atomic mass is 16.1. The van der Waals surface area contributed by atoms with Crippen molar-refractivity contribution in [3.8, 4) is 6.07 Å². The topological polar surface area (TPSA) is 40.9 Å². The van der Waals surface area contributed by atoms with Crippen LogP contribution in [0.1, 0.15) is 65.7 Å². The molecule has 0 aliphatic heterocycles. The van der Waals surface area contributed by atoms with Crippen LogP contribution in [0.15, 0.2) is 0 Å². The van der Waals surface area contributed by atoms with E-state index in [-0.39, 0.29) is 17.1 Å². The van der Waals surface area contributed by atoms with Gasteiger partial charge in [-0.15, -0.1) is 0 Å². The molecule has 0 heterocycles. The molecule has 0 spiro atoms. The summed E-state index contributed by atoms with van der Waals surface area (Å²) in [5.41, 5.74) is -0.163. The summed E-state index contributed by atoms with van der Waals surface area (Å²) in [5, 5.41) is 9.17. The van der Waals surface area contributed by atoms with E-state index in [2.05, 4.69) is 19.9 Å². The fourth-order valence-corrected chi connectivity index (χ4v) is 3.30. The molecule has 17 heavy (non-hydrogen) atoms. The smallest absolute Gasteiger partial charge is 0.156 e. The van der Waals surface area contributed by atoms with Gasteiger partial charge in [-0.05, 0) is 31.6 Å². The molecule has 0 amide bonds. The van der Waals surface area contributed by atoms with Gasteiger partial charge in [0.05, 0.1) is 6.07 Å². The molecule has 1 unspecified atom stereocenters. The van der Waals surface area contributed by atoms with Crippen molar-refractivity contribution in [2.24, 2.45) is 17.3 Å². The second-order valence-electron chi connectivity index (χ2n) is 5.92. The predicted octanol–water partition coefficient (Wildman–Crippen LogP) is 4.10. The van der Waals surface area contributed by atoms with Crippen molar-refractivity contribution >= 4 is 5.78 Å². The summed E-state index contributed by atoms with van der Waals surface area (Å²) < 4.78 is 0. The molecule has 2 nitrogen and oxygen atoms in total. The molecule has 2 heteroatoms. The van der Waals surface area contributed by atoms with Crippen molar-refractivity contribution in [3.63, 3.8) is 0 Å². The van der Waals surface area contributed by atoms with Crippen LogP contribution < -0.4 is 0 Å². The molecule has 1 aliphatic carbocycles. The van der Waals surface area contributed by atoms with E-state index in [1.54, 1.807) is 0 Å². The standard InChI is InChI=1S/C15H25NO/c1-4-7-13(11-16)14(17)15(10-12(2)3)8-5-6-9-15/h12-13H,4-10H2,1-3H3. The van der Waals surface area contributed by atoms with Crippen LogP contribution in [0.25, 0.3) is 0 Å². The summed E-state index contributed by atoms with van der Waals surface area (Å²) >= 11 is 0. The SMILES string of the molecule is CCCC(C#N)C(=O)C1(CC(C)C)CCCC1. The molecule has 0 bridgehead atoms. The van der Waals surface area contributed by atoms with Crippen molar-refractivity contribution in [1.82, 2.24) is 0 Å². The average molecular weight is 235 g/mol. The third kappa shape index (κ3) is 3.31. The average Bonchev–Trinajstić information content (AvgIpc) is 2.73. The van der Waals surface area contributed by atoms with Crippen LogP contribution in [0.5, 0.6) is 0 Å². The number of carbonyl (C=O) groups excluding carboxylic acids is 1. The molecule has 0 aromatic heterocycles. The first kappa shape index (κ1) is 14.2. The van der Waals surface area contributed by atoms with Crippen LogP contribution in [-0.2, 0) is 4.79 Å². The summed E-state index contributed by atoms with van der Waals surface area (Å²) in [6, 6.07) is 2.23. The highest BCUT2D eigenvalue weighted by Gasteiger charge is 2.43. The fourth-order valence-electron chi connectivity index (χ4n) is 3.30. The van der Waals surface area contributed by atoms with Crippen LogP contribution in [-0.4, -0.2) is 5.78 Å². The Bertz CT molecular complexity index is 295. The molecule has 1 saturated carbocycles. The van der Waals surface area contributed by atoms with Gasteiger partial charge < -0.3 is 0 Å². The van der Waals surface area contributed by atoms with Crippen molar-refractivity contribution < 1.29 is 4.79 Å². The van der Waals surface area contributed by atoms with Crippen molar-refractivity contribution in [2.45, 2.75) is 65.7 Å². The van der Waals surface area contributed by atoms with E-state index in [9.17, 15) is 4.79 Å². The third-order valence-electron chi connectivity index (χ3n) is 3.93. The summed E-state index contributed by atoms with van der Waals surface area (Å²) in [7, 11) is 0. The lowest BCUT2D eigenvalue weighted by Gasteiger charge is -2.31. The minimum Gasteiger partial charge on any atom is -0.298 e. The van der Waals surface area contributed by atoms with Gasteiger partial charge in [0.25, 0.3) is 0 Å². The number of ketones is 1. The Morgan fingerprint density at radius 2 is 1.94 bits per heavy atom. The molecule has 1 atom stereocenters. The summed E-state index contributed by atoms with van der Waals surface area (Å²) in [6.45, 7) is 6.39. The van der Waals surface area contributed by atoms with E-state index in [1.165, 1.54) is 0 Å². The highest BCUT2D eigenvalue weighted by molar-refractivity contribution is 5.89. The number of rotatable bonds is 6. The van der Waals surface area contributed by atoms with Gasteiger partial charge in [-0.2, -0.15) is 5.26 Å². The molecule has 0 radical (unpaired) electrons. The minimum atomic E-state index is -0.364. The molecule has 0 N–H and O–H groups in total. The van der Waals surface area contributed by atoms with Crippen LogP contribution in [0, 0.1) is 28.6 Å². The van der Waals surface area contributed by atoms with Gasteiger partial charge in [-0.1, -0.05) is 40.0 Å². The zero-order valence-corrected chi connectivity index (χ0v) is 11.5. The summed E-state index contributed by atoms with van der Waals surface area (Å²) in [4.78, 5) is 12.6. The van der Waals surface area contributed by atoms with Gasteiger partial charge >= 0.3 is 0 Å². The maximum atomic E-state index is 12.6. The number of hydrogen-bond acceptors (Lipinski definition) is 2.